The van der Waals surface area contributed by atoms with Crippen molar-refractivity contribution in [2.45, 2.75) is 25.8 Å². The second-order valence-electron chi connectivity index (χ2n) is 8.86. The van der Waals surface area contributed by atoms with E-state index in [0.29, 0.717) is 27.8 Å². The van der Waals surface area contributed by atoms with Gasteiger partial charge in [-0.15, -0.1) is 0 Å². The number of aromatic nitrogens is 2. The number of piperidine rings is 1. The van der Waals surface area contributed by atoms with Crippen molar-refractivity contribution in [2.24, 2.45) is 11.8 Å². The summed E-state index contributed by atoms with van der Waals surface area (Å²) in [6.45, 7) is 6.59. The Bertz CT molecular complexity index is 1000. The van der Waals surface area contributed by atoms with Crippen LogP contribution in [0.15, 0.2) is 24.4 Å². The minimum Gasteiger partial charge on any atom is -0.477 e. The van der Waals surface area contributed by atoms with Gasteiger partial charge in [-0.25, -0.2) is 9.78 Å². The fourth-order valence-corrected chi connectivity index (χ4v) is 5.29. The molecule has 1 aromatic carbocycles. The number of benzene rings is 1. The number of aliphatic hydroxyl groups is 1. The summed E-state index contributed by atoms with van der Waals surface area (Å²) in [5.74, 6) is 0.852. The van der Waals surface area contributed by atoms with E-state index in [1.807, 2.05) is 13.0 Å². The fraction of sp³-hybridized carbons (Fsp3) is 0.522. The van der Waals surface area contributed by atoms with Gasteiger partial charge in [-0.05, 0) is 55.8 Å². The normalized spacial score (nSPS) is 20.4. The lowest BCUT2D eigenvalue weighted by atomic mass is 9.81. The Balaban J connectivity index is 1.45. The van der Waals surface area contributed by atoms with Gasteiger partial charge in [-0.2, -0.15) is 4.98 Å². The van der Waals surface area contributed by atoms with Crippen LogP contribution < -0.4 is 10.2 Å². The average Bonchev–Trinajstić information content (AvgIpc) is 2.73. The number of β-amino-alcohol motifs (C(OH)–C–C–N with tert-alkyl or cyclic N) is 1. The highest BCUT2D eigenvalue weighted by Gasteiger charge is 2.37. The lowest BCUT2D eigenvalue weighted by Gasteiger charge is -2.46. The molecule has 1 aromatic heterocycles. The number of likely N-dealkylation sites (tertiary alicyclic amines) is 1. The number of hydrogen-bond acceptors (Lipinski definition) is 7. The third-order valence-corrected chi connectivity index (χ3v) is 7.17. The molecule has 3 heterocycles. The molecule has 0 saturated carbocycles. The monoisotopic (exact) mass is 493 g/mol. The number of aliphatic hydroxyl groups excluding tert-OH is 1. The van der Waals surface area contributed by atoms with E-state index in [-0.39, 0.29) is 24.0 Å². The van der Waals surface area contributed by atoms with Gasteiger partial charge in [0.05, 0.1) is 12.6 Å². The number of carbonyl (C=O) groups is 1. The zero-order valence-corrected chi connectivity index (χ0v) is 20.1. The molecule has 0 amide bonds. The van der Waals surface area contributed by atoms with Crippen molar-refractivity contribution in [3.63, 3.8) is 0 Å². The van der Waals surface area contributed by atoms with Crippen molar-refractivity contribution in [1.29, 1.82) is 0 Å². The van der Waals surface area contributed by atoms with Crippen LogP contribution in [0.4, 0.5) is 11.8 Å². The molecule has 178 valence electrons. The summed E-state index contributed by atoms with van der Waals surface area (Å²) in [5, 5.41) is 23.1. The zero-order valence-electron chi connectivity index (χ0n) is 18.5. The Morgan fingerprint density at radius 1 is 1.27 bits per heavy atom. The van der Waals surface area contributed by atoms with E-state index in [0.717, 1.165) is 44.7 Å². The summed E-state index contributed by atoms with van der Waals surface area (Å²) in [7, 11) is 0. The van der Waals surface area contributed by atoms with Gasteiger partial charge in [0.25, 0.3) is 0 Å². The van der Waals surface area contributed by atoms with E-state index < -0.39 is 5.97 Å². The molecule has 0 aliphatic carbocycles. The van der Waals surface area contributed by atoms with Crippen LogP contribution in [0.5, 0.6) is 0 Å². The second-order valence-corrected chi connectivity index (χ2v) is 9.70. The van der Waals surface area contributed by atoms with Crippen LogP contribution in [0, 0.1) is 11.8 Å². The van der Waals surface area contributed by atoms with Crippen LogP contribution in [-0.2, 0) is 0 Å². The van der Waals surface area contributed by atoms with Gasteiger partial charge >= 0.3 is 5.97 Å². The van der Waals surface area contributed by atoms with Crippen LogP contribution in [0.1, 0.15) is 41.7 Å². The van der Waals surface area contributed by atoms with Crippen LogP contribution in [0.3, 0.4) is 0 Å². The summed E-state index contributed by atoms with van der Waals surface area (Å²) < 4.78 is 0. The Morgan fingerprint density at radius 3 is 2.76 bits per heavy atom. The number of carboxylic acid groups (broad SMARTS) is 1. The molecule has 2 atom stereocenters. The first-order valence-corrected chi connectivity index (χ1v) is 12.0. The SMILES string of the molecule is C[C@@H](Nc1nc(N2CC(C3CCCN(CCO)C3)C2)ncc1C(=O)O)c1ccc(Cl)cc1Cl. The van der Waals surface area contributed by atoms with Gasteiger partial charge in [0.1, 0.15) is 11.4 Å². The molecular formula is C23H29Cl2N5O3. The first kappa shape index (κ1) is 24.0. The Kier molecular flexibility index (Phi) is 7.58. The van der Waals surface area contributed by atoms with Crippen molar-refractivity contribution in [3.05, 3.63) is 45.6 Å². The molecule has 2 aromatic rings. The van der Waals surface area contributed by atoms with E-state index in [4.69, 9.17) is 23.2 Å². The number of hydrogen-bond donors (Lipinski definition) is 3. The highest BCUT2D eigenvalue weighted by Crippen LogP contribution is 2.34. The molecule has 4 rings (SSSR count). The van der Waals surface area contributed by atoms with Crippen molar-refractivity contribution in [1.82, 2.24) is 14.9 Å². The molecule has 33 heavy (non-hydrogen) atoms. The maximum Gasteiger partial charge on any atom is 0.341 e. The molecule has 1 unspecified atom stereocenters. The van der Waals surface area contributed by atoms with Gasteiger partial charge in [0.15, 0.2) is 0 Å². The van der Waals surface area contributed by atoms with Crippen LogP contribution in [-0.4, -0.2) is 70.4 Å². The van der Waals surface area contributed by atoms with Crippen molar-refractivity contribution >= 4 is 40.9 Å². The summed E-state index contributed by atoms with van der Waals surface area (Å²) in [5.41, 5.74) is 0.811. The number of nitrogens with one attached hydrogen (secondary N) is 1. The number of nitrogens with zero attached hydrogens (tertiary/aromatic N) is 4. The van der Waals surface area contributed by atoms with Crippen LogP contribution >= 0.6 is 23.2 Å². The van der Waals surface area contributed by atoms with Crippen LogP contribution in [0.25, 0.3) is 0 Å². The molecule has 2 aliphatic rings. The quantitative estimate of drug-likeness (QED) is 0.510. The third-order valence-electron chi connectivity index (χ3n) is 6.61. The molecule has 2 fully saturated rings. The average molecular weight is 494 g/mol. The van der Waals surface area contributed by atoms with Gasteiger partial charge in [-0.1, -0.05) is 29.3 Å². The first-order valence-electron chi connectivity index (χ1n) is 11.3. The van der Waals surface area contributed by atoms with Crippen LogP contribution in [0.2, 0.25) is 10.0 Å². The number of anilines is 2. The topological polar surface area (TPSA) is 102 Å². The molecule has 10 heteroatoms. The highest BCUT2D eigenvalue weighted by molar-refractivity contribution is 6.35. The molecule has 2 aliphatic heterocycles. The zero-order chi connectivity index (χ0) is 23.5. The smallest absolute Gasteiger partial charge is 0.341 e. The maximum absolute atomic E-state index is 11.8. The van der Waals surface area contributed by atoms with E-state index in [1.54, 1.807) is 12.1 Å². The minimum atomic E-state index is -1.09. The van der Waals surface area contributed by atoms with Crippen molar-refractivity contribution in [3.8, 4) is 0 Å². The molecule has 3 N–H and O–H groups in total. The summed E-state index contributed by atoms with van der Waals surface area (Å²) >= 11 is 12.3. The standard InChI is InChI=1S/C23H29Cl2N5O3/c1-14(18-5-4-17(24)9-20(18)25)27-21-19(22(32)33)10-26-23(28-21)30-12-16(13-30)15-3-2-6-29(11-15)7-8-31/h4-5,9-10,14-16,31H,2-3,6-8,11-13H2,1H3,(H,32,33)(H,26,27,28)/t14-,15?/m1/s1. The predicted molar refractivity (Wildman–Crippen MR) is 129 cm³/mol. The number of aromatic carboxylic acids is 1. The van der Waals surface area contributed by atoms with Gasteiger partial charge < -0.3 is 25.3 Å². The van der Waals surface area contributed by atoms with Gasteiger partial charge in [-0.3, -0.25) is 0 Å². The van der Waals surface area contributed by atoms with Gasteiger partial charge in [0, 0.05) is 42.4 Å². The first-order chi connectivity index (χ1) is 15.9. The molecule has 2 saturated heterocycles. The Morgan fingerprint density at radius 2 is 2.06 bits per heavy atom. The largest absolute Gasteiger partial charge is 0.477 e. The molecular weight excluding hydrogens is 465 g/mol. The van der Waals surface area contributed by atoms with E-state index in [9.17, 15) is 15.0 Å². The number of carboxylic acids is 1. The minimum absolute atomic E-state index is 0.0136. The van der Waals surface area contributed by atoms with Crippen molar-refractivity contribution in [2.75, 3.05) is 49.5 Å². The Hall–Kier alpha value is -2.13. The summed E-state index contributed by atoms with van der Waals surface area (Å²) in [6.07, 6.45) is 3.72. The Labute approximate surface area is 203 Å². The van der Waals surface area contributed by atoms with Crippen molar-refractivity contribution < 1.29 is 15.0 Å². The highest BCUT2D eigenvalue weighted by atomic mass is 35.5. The molecule has 8 nitrogen and oxygen atoms in total. The fourth-order valence-electron chi connectivity index (χ4n) is 4.72. The lowest BCUT2D eigenvalue weighted by molar-refractivity contribution is 0.0697. The van der Waals surface area contributed by atoms with E-state index >= 15 is 0 Å². The number of halogens is 2. The van der Waals surface area contributed by atoms with E-state index in [1.165, 1.54) is 12.6 Å². The summed E-state index contributed by atoms with van der Waals surface area (Å²) in [6, 6.07) is 4.94. The molecule has 0 bridgehead atoms. The molecule has 0 spiro atoms. The second kappa shape index (κ2) is 10.4. The van der Waals surface area contributed by atoms with Gasteiger partial charge in [0.2, 0.25) is 5.95 Å². The maximum atomic E-state index is 11.8. The number of rotatable bonds is 8. The van der Waals surface area contributed by atoms with E-state index in [2.05, 4.69) is 25.1 Å². The third kappa shape index (κ3) is 5.51. The lowest BCUT2D eigenvalue weighted by Crippen LogP contribution is -2.54. The molecule has 0 radical (unpaired) electrons. The summed E-state index contributed by atoms with van der Waals surface area (Å²) in [4.78, 5) is 25.1. The predicted octanol–water partition coefficient (Wildman–Crippen LogP) is 3.80.